The molecule has 0 saturated carbocycles. The fraction of sp³-hybridized carbons (Fsp3) is 0. The number of nitrogens with zero attached hydrogens (tertiary/aromatic N) is 1. The molecule has 0 radical (unpaired) electrons. The Bertz CT molecular complexity index is 801. The highest BCUT2D eigenvalue weighted by Gasteiger charge is 2.06. The van der Waals surface area contributed by atoms with E-state index in [0.717, 1.165) is 0 Å². The average molecular weight is 254 g/mol. The number of hydrogen-bond acceptors (Lipinski definition) is 4. The number of aromatic nitrogens is 2. The van der Waals surface area contributed by atoms with E-state index in [9.17, 15) is 9.90 Å². The summed E-state index contributed by atoms with van der Waals surface area (Å²) in [4.78, 5) is 18.7. The quantitative estimate of drug-likeness (QED) is 0.689. The van der Waals surface area contributed by atoms with Gasteiger partial charge in [0.2, 0.25) is 0 Å². The monoisotopic (exact) mass is 254 g/mol. The van der Waals surface area contributed by atoms with Gasteiger partial charge < -0.3 is 14.5 Å². The fourth-order valence-corrected chi connectivity index (χ4v) is 1.77. The summed E-state index contributed by atoms with van der Waals surface area (Å²) in [5.41, 5.74) is 1.08. The molecule has 0 aliphatic heterocycles. The number of furan rings is 1. The van der Waals surface area contributed by atoms with Gasteiger partial charge in [-0.15, -0.1) is 0 Å². The normalized spacial score (nSPS) is 11.9. The van der Waals surface area contributed by atoms with Gasteiger partial charge >= 0.3 is 0 Å². The predicted octanol–water partition coefficient (Wildman–Crippen LogP) is 2.57. The van der Waals surface area contributed by atoms with Gasteiger partial charge in [0.15, 0.2) is 11.5 Å². The molecule has 2 aromatic heterocycles. The maximum absolute atomic E-state index is 11.8. The standard InChI is InChI=1S/C14H10N2O3/c17-12(13-6-3-7-19-13)8-11-14(18)16-10-5-2-1-4-9(10)15-11/h1-8,17H,(H,16,18)/b12-8-. The molecule has 0 bridgehead atoms. The number of hydrogen-bond donors (Lipinski definition) is 2. The Morgan fingerprint density at radius 2 is 2.11 bits per heavy atom. The lowest BCUT2D eigenvalue weighted by molar-refractivity contribution is 0.462. The Balaban J connectivity index is 2.13. The van der Waals surface area contributed by atoms with Crippen LogP contribution < -0.4 is 5.56 Å². The number of aromatic amines is 1. The second kappa shape index (κ2) is 4.45. The molecule has 5 heteroatoms. The van der Waals surface area contributed by atoms with Crippen molar-refractivity contribution < 1.29 is 9.52 Å². The minimum absolute atomic E-state index is 0.132. The summed E-state index contributed by atoms with van der Waals surface area (Å²) in [5, 5.41) is 9.83. The van der Waals surface area contributed by atoms with E-state index in [4.69, 9.17) is 4.42 Å². The first-order valence-corrected chi connectivity index (χ1v) is 5.67. The molecule has 2 N–H and O–H groups in total. The van der Waals surface area contributed by atoms with Crippen molar-refractivity contribution in [1.82, 2.24) is 9.97 Å². The molecule has 19 heavy (non-hydrogen) atoms. The highest BCUT2D eigenvalue weighted by Crippen LogP contribution is 2.14. The molecule has 0 spiro atoms. The predicted molar refractivity (Wildman–Crippen MR) is 71.6 cm³/mol. The van der Waals surface area contributed by atoms with Gasteiger partial charge in [0.25, 0.3) is 5.56 Å². The average Bonchev–Trinajstić information content (AvgIpc) is 2.93. The SMILES string of the molecule is O=c1[nH]c2ccccc2nc1/C=C(\O)c1ccco1. The molecule has 3 aromatic rings. The highest BCUT2D eigenvalue weighted by atomic mass is 16.4. The van der Waals surface area contributed by atoms with Crippen LogP contribution in [0.3, 0.4) is 0 Å². The summed E-state index contributed by atoms with van der Waals surface area (Å²) in [6, 6.07) is 10.4. The number of aliphatic hydroxyl groups is 1. The minimum atomic E-state index is -0.364. The lowest BCUT2D eigenvalue weighted by atomic mass is 10.2. The third-order valence-electron chi connectivity index (χ3n) is 2.67. The molecule has 5 nitrogen and oxygen atoms in total. The Labute approximate surface area is 107 Å². The van der Waals surface area contributed by atoms with Crippen LogP contribution in [0.25, 0.3) is 22.9 Å². The molecule has 2 heterocycles. The summed E-state index contributed by atoms with van der Waals surface area (Å²) in [7, 11) is 0. The van der Waals surface area contributed by atoms with Crippen molar-refractivity contribution in [2.45, 2.75) is 0 Å². The maximum Gasteiger partial charge on any atom is 0.274 e. The van der Waals surface area contributed by atoms with Crippen LogP contribution in [0.4, 0.5) is 0 Å². The van der Waals surface area contributed by atoms with Crippen LogP contribution in [-0.4, -0.2) is 15.1 Å². The zero-order chi connectivity index (χ0) is 13.2. The number of para-hydroxylation sites is 2. The van der Waals surface area contributed by atoms with Gasteiger partial charge in [0, 0.05) is 6.08 Å². The van der Waals surface area contributed by atoms with Crippen LogP contribution in [0, 0.1) is 0 Å². The van der Waals surface area contributed by atoms with Crippen molar-refractivity contribution in [3.8, 4) is 0 Å². The van der Waals surface area contributed by atoms with Gasteiger partial charge in [-0.25, -0.2) is 4.98 Å². The third-order valence-corrected chi connectivity index (χ3v) is 2.67. The zero-order valence-electron chi connectivity index (χ0n) is 9.83. The maximum atomic E-state index is 11.8. The molecule has 0 unspecified atom stereocenters. The van der Waals surface area contributed by atoms with Crippen molar-refractivity contribution >= 4 is 22.9 Å². The van der Waals surface area contributed by atoms with E-state index in [1.165, 1.54) is 12.3 Å². The largest absolute Gasteiger partial charge is 0.504 e. The van der Waals surface area contributed by atoms with Crippen LogP contribution in [0.1, 0.15) is 11.5 Å². The molecule has 94 valence electrons. The van der Waals surface area contributed by atoms with Crippen LogP contribution in [-0.2, 0) is 0 Å². The van der Waals surface area contributed by atoms with E-state index in [-0.39, 0.29) is 22.8 Å². The van der Waals surface area contributed by atoms with E-state index in [1.54, 1.807) is 24.3 Å². The Hall–Kier alpha value is -2.82. The molecule has 3 rings (SSSR count). The van der Waals surface area contributed by atoms with Gasteiger partial charge in [0.1, 0.15) is 5.69 Å². The molecule has 1 aromatic carbocycles. The van der Waals surface area contributed by atoms with Gasteiger partial charge in [-0.1, -0.05) is 12.1 Å². The van der Waals surface area contributed by atoms with Crippen molar-refractivity contribution in [3.63, 3.8) is 0 Å². The summed E-state index contributed by atoms with van der Waals surface area (Å²) in [5.74, 6) is 0.146. The highest BCUT2D eigenvalue weighted by molar-refractivity contribution is 5.78. The lowest BCUT2D eigenvalue weighted by Gasteiger charge is -1.99. The first-order valence-electron chi connectivity index (χ1n) is 5.67. The van der Waals surface area contributed by atoms with Gasteiger partial charge in [-0.3, -0.25) is 4.79 Å². The Kier molecular flexibility index (Phi) is 2.64. The topological polar surface area (TPSA) is 79.1 Å². The summed E-state index contributed by atoms with van der Waals surface area (Å²) in [6.07, 6.45) is 2.72. The molecule has 0 fully saturated rings. The Morgan fingerprint density at radius 1 is 1.26 bits per heavy atom. The van der Waals surface area contributed by atoms with Crippen molar-refractivity contribution in [2.75, 3.05) is 0 Å². The fourth-order valence-electron chi connectivity index (χ4n) is 1.77. The van der Waals surface area contributed by atoms with Crippen molar-refractivity contribution in [2.24, 2.45) is 0 Å². The van der Waals surface area contributed by atoms with E-state index >= 15 is 0 Å². The third kappa shape index (κ3) is 2.13. The minimum Gasteiger partial charge on any atom is -0.504 e. The number of H-pyrrole nitrogens is 1. The van der Waals surface area contributed by atoms with E-state index in [2.05, 4.69) is 9.97 Å². The number of aliphatic hydroxyl groups excluding tert-OH is 1. The molecule has 0 aliphatic rings. The van der Waals surface area contributed by atoms with Crippen LogP contribution in [0.2, 0.25) is 0 Å². The van der Waals surface area contributed by atoms with E-state index < -0.39 is 0 Å². The molecule has 0 amide bonds. The van der Waals surface area contributed by atoms with Crippen LogP contribution in [0.15, 0.2) is 51.9 Å². The molecule has 0 atom stereocenters. The second-order valence-electron chi connectivity index (χ2n) is 3.98. The van der Waals surface area contributed by atoms with E-state index in [1.807, 2.05) is 12.1 Å². The number of benzene rings is 1. The smallest absolute Gasteiger partial charge is 0.274 e. The summed E-state index contributed by atoms with van der Waals surface area (Å²) in [6.45, 7) is 0. The number of nitrogens with one attached hydrogen (secondary N) is 1. The molecule has 0 aliphatic carbocycles. The van der Waals surface area contributed by atoms with Crippen molar-refractivity contribution in [1.29, 1.82) is 0 Å². The van der Waals surface area contributed by atoms with Crippen molar-refractivity contribution in [3.05, 3.63) is 64.5 Å². The number of fused-ring (bicyclic) bond motifs is 1. The lowest BCUT2D eigenvalue weighted by Crippen LogP contribution is -2.11. The summed E-state index contributed by atoms with van der Waals surface area (Å²) < 4.78 is 5.04. The first kappa shape index (κ1) is 11.3. The Morgan fingerprint density at radius 3 is 2.89 bits per heavy atom. The van der Waals surface area contributed by atoms with Crippen LogP contribution in [0.5, 0.6) is 0 Å². The molecular weight excluding hydrogens is 244 g/mol. The number of rotatable bonds is 2. The van der Waals surface area contributed by atoms with Crippen LogP contribution >= 0.6 is 0 Å². The molecular formula is C14H10N2O3. The summed E-state index contributed by atoms with van der Waals surface area (Å²) >= 11 is 0. The second-order valence-corrected chi connectivity index (χ2v) is 3.98. The van der Waals surface area contributed by atoms with Gasteiger partial charge in [-0.05, 0) is 24.3 Å². The van der Waals surface area contributed by atoms with E-state index in [0.29, 0.717) is 11.0 Å². The molecule has 0 saturated heterocycles. The van der Waals surface area contributed by atoms with Gasteiger partial charge in [-0.2, -0.15) is 0 Å². The zero-order valence-corrected chi connectivity index (χ0v) is 9.83. The first-order chi connectivity index (χ1) is 9.24. The van der Waals surface area contributed by atoms with Gasteiger partial charge in [0.05, 0.1) is 17.3 Å².